The van der Waals surface area contributed by atoms with Crippen molar-refractivity contribution in [1.29, 1.82) is 0 Å². The first-order chi connectivity index (χ1) is 9.71. The van der Waals surface area contributed by atoms with E-state index in [1.165, 1.54) is 50.5 Å². The summed E-state index contributed by atoms with van der Waals surface area (Å²) in [6.07, 6.45) is 13.8. The Morgan fingerprint density at radius 1 is 1.15 bits per heavy atom. The highest BCUT2D eigenvalue weighted by atomic mass is 16.4. The van der Waals surface area contributed by atoms with Crippen LogP contribution in [0.5, 0.6) is 0 Å². The van der Waals surface area contributed by atoms with E-state index in [4.69, 9.17) is 5.21 Å². The molecule has 0 bridgehead atoms. The Labute approximate surface area is 121 Å². The molecule has 4 aliphatic carbocycles. The summed E-state index contributed by atoms with van der Waals surface area (Å²) < 4.78 is 0. The first kappa shape index (κ1) is 12.7. The largest absolute Gasteiger partial charge is 0.411 e. The van der Waals surface area contributed by atoms with E-state index in [9.17, 15) is 0 Å². The third-order valence-corrected chi connectivity index (χ3v) is 6.66. The number of rotatable bonds is 0. The van der Waals surface area contributed by atoms with Gasteiger partial charge in [-0.25, -0.2) is 0 Å². The van der Waals surface area contributed by atoms with Crippen LogP contribution in [0.2, 0.25) is 0 Å². The molecule has 20 heavy (non-hydrogen) atoms. The molecule has 0 saturated heterocycles. The first-order valence-corrected chi connectivity index (χ1v) is 8.35. The predicted molar refractivity (Wildman–Crippen MR) is 81.0 cm³/mol. The van der Waals surface area contributed by atoms with Crippen LogP contribution in [0.15, 0.2) is 28.0 Å². The molecule has 0 heterocycles. The van der Waals surface area contributed by atoms with Gasteiger partial charge in [0.15, 0.2) is 0 Å². The van der Waals surface area contributed by atoms with Crippen molar-refractivity contribution in [1.82, 2.24) is 0 Å². The second-order valence-corrected chi connectivity index (χ2v) is 7.56. The summed E-state index contributed by atoms with van der Waals surface area (Å²) in [5.74, 6) is 1.82. The quantitative estimate of drug-likeness (QED) is 0.496. The van der Waals surface area contributed by atoms with Crippen LogP contribution in [0.1, 0.15) is 64.7 Å². The van der Waals surface area contributed by atoms with Crippen LogP contribution >= 0.6 is 0 Å². The molecule has 0 aromatic rings. The van der Waals surface area contributed by atoms with Gasteiger partial charge in [-0.3, -0.25) is 0 Å². The number of hydrogen-bond donors (Lipinski definition) is 1. The summed E-state index contributed by atoms with van der Waals surface area (Å²) >= 11 is 0. The van der Waals surface area contributed by atoms with E-state index in [2.05, 4.69) is 18.2 Å². The van der Waals surface area contributed by atoms with Gasteiger partial charge in [0, 0.05) is 0 Å². The molecule has 0 aromatic heterocycles. The highest BCUT2D eigenvalue weighted by Gasteiger charge is 2.48. The SMILES string of the molecule is C[C@@]12CCC[C@H]1[C@@H]1CCC3=CC(=NO)CCC3=C1CC2. The van der Waals surface area contributed by atoms with Crippen LogP contribution in [0, 0.1) is 17.3 Å². The van der Waals surface area contributed by atoms with E-state index in [0.29, 0.717) is 5.41 Å². The minimum atomic E-state index is 0.641. The first-order valence-electron chi connectivity index (χ1n) is 8.35. The minimum Gasteiger partial charge on any atom is -0.411 e. The van der Waals surface area contributed by atoms with Gasteiger partial charge in [-0.15, -0.1) is 0 Å². The minimum absolute atomic E-state index is 0.641. The molecule has 0 aliphatic heterocycles. The van der Waals surface area contributed by atoms with E-state index in [-0.39, 0.29) is 0 Å². The lowest BCUT2D eigenvalue weighted by molar-refractivity contribution is 0.118. The van der Waals surface area contributed by atoms with E-state index in [1.807, 2.05) is 0 Å². The Hall–Kier alpha value is -1.05. The molecule has 0 unspecified atom stereocenters. The maximum absolute atomic E-state index is 9.00. The zero-order chi connectivity index (χ0) is 13.7. The van der Waals surface area contributed by atoms with Gasteiger partial charge in [-0.2, -0.15) is 0 Å². The summed E-state index contributed by atoms with van der Waals surface area (Å²) in [5.41, 5.74) is 6.45. The van der Waals surface area contributed by atoms with Crippen LogP contribution in [0.4, 0.5) is 0 Å². The molecule has 1 N–H and O–H groups in total. The van der Waals surface area contributed by atoms with Crippen molar-refractivity contribution in [3.8, 4) is 0 Å². The van der Waals surface area contributed by atoms with Gasteiger partial charge >= 0.3 is 0 Å². The Morgan fingerprint density at radius 3 is 2.90 bits per heavy atom. The highest BCUT2D eigenvalue weighted by molar-refractivity contribution is 5.97. The van der Waals surface area contributed by atoms with Crippen molar-refractivity contribution in [2.24, 2.45) is 22.4 Å². The van der Waals surface area contributed by atoms with E-state index in [0.717, 1.165) is 30.4 Å². The fourth-order valence-corrected chi connectivity index (χ4v) is 5.61. The van der Waals surface area contributed by atoms with E-state index in [1.54, 1.807) is 11.1 Å². The Balaban J connectivity index is 1.73. The molecular formula is C18H25NO. The maximum Gasteiger partial charge on any atom is 0.0801 e. The van der Waals surface area contributed by atoms with Gasteiger partial charge in [0.2, 0.25) is 0 Å². The fourth-order valence-electron chi connectivity index (χ4n) is 5.61. The number of nitrogens with zero attached hydrogens (tertiary/aromatic N) is 1. The van der Waals surface area contributed by atoms with Gasteiger partial charge in [-0.05, 0) is 85.8 Å². The number of fused-ring (bicyclic) bond motifs is 4. The average Bonchev–Trinajstić information content (AvgIpc) is 2.88. The molecule has 2 nitrogen and oxygen atoms in total. The van der Waals surface area contributed by atoms with Crippen LogP contribution in [-0.2, 0) is 0 Å². The van der Waals surface area contributed by atoms with Crippen LogP contribution in [-0.4, -0.2) is 10.9 Å². The molecular weight excluding hydrogens is 246 g/mol. The summed E-state index contributed by atoms with van der Waals surface area (Å²) in [4.78, 5) is 0. The van der Waals surface area contributed by atoms with Crippen LogP contribution < -0.4 is 0 Å². The van der Waals surface area contributed by atoms with Gasteiger partial charge in [-0.1, -0.05) is 24.1 Å². The summed E-state index contributed by atoms with van der Waals surface area (Å²) in [5, 5.41) is 12.4. The van der Waals surface area contributed by atoms with E-state index < -0.39 is 0 Å². The van der Waals surface area contributed by atoms with Gasteiger partial charge in [0.25, 0.3) is 0 Å². The molecule has 0 aromatic carbocycles. The van der Waals surface area contributed by atoms with Crippen molar-refractivity contribution in [2.75, 3.05) is 0 Å². The van der Waals surface area contributed by atoms with Crippen molar-refractivity contribution >= 4 is 5.71 Å². The van der Waals surface area contributed by atoms with Crippen LogP contribution in [0.3, 0.4) is 0 Å². The fraction of sp³-hybridized carbons (Fsp3) is 0.722. The second kappa shape index (κ2) is 4.47. The molecule has 108 valence electrons. The Bertz CT molecular complexity index is 528. The van der Waals surface area contributed by atoms with Gasteiger partial charge in [0.05, 0.1) is 5.71 Å². The predicted octanol–water partition coefficient (Wildman–Crippen LogP) is 4.84. The molecule has 0 radical (unpaired) electrons. The number of hydrogen-bond acceptors (Lipinski definition) is 2. The standard InChI is InChI=1S/C18H25NO/c1-18-9-2-3-17(18)16-6-4-12-11-13(19-20)5-7-14(12)15(16)8-10-18/h11,16-17,20H,2-10H2,1H3/t16-,17+,18+/m1/s1. The molecule has 2 fully saturated rings. The molecule has 4 aliphatic rings. The number of oxime groups is 1. The molecule has 0 amide bonds. The summed E-state index contributed by atoms with van der Waals surface area (Å²) in [6.45, 7) is 2.55. The summed E-state index contributed by atoms with van der Waals surface area (Å²) in [6, 6.07) is 0. The second-order valence-electron chi connectivity index (χ2n) is 7.56. The molecule has 0 spiro atoms. The topological polar surface area (TPSA) is 32.6 Å². The van der Waals surface area contributed by atoms with Crippen LogP contribution in [0.25, 0.3) is 0 Å². The lowest BCUT2D eigenvalue weighted by atomic mass is 9.58. The lowest BCUT2D eigenvalue weighted by Crippen LogP contribution is -2.36. The highest BCUT2D eigenvalue weighted by Crippen LogP contribution is 2.59. The summed E-state index contributed by atoms with van der Waals surface area (Å²) in [7, 11) is 0. The molecule has 3 atom stereocenters. The normalized spacial score (nSPS) is 42.0. The van der Waals surface area contributed by atoms with E-state index >= 15 is 0 Å². The van der Waals surface area contributed by atoms with Crippen molar-refractivity contribution in [2.45, 2.75) is 64.7 Å². The smallest absolute Gasteiger partial charge is 0.0801 e. The van der Waals surface area contributed by atoms with Crippen molar-refractivity contribution in [3.63, 3.8) is 0 Å². The monoisotopic (exact) mass is 271 g/mol. The molecule has 2 saturated carbocycles. The maximum atomic E-state index is 9.00. The molecule has 2 heteroatoms. The zero-order valence-corrected chi connectivity index (χ0v) is 12.5. The van der Waals surface area contributed by atoms with Gasteiger partial charge in [0.1, 0.15) is 0 Å². The Kier molecular flexibility index (Phi) is 2.84. The lowest BCUT2D eigenvalue weighted by Gasteiger charge is -2.47. The van der Waals surface area contributed by atoms with Crippen molar-refractivity contribution in [3.05, 3.63) is 22.8 Å². The molecule has 4 rings (SSSR count). The third-order valence-electron chi connectivity index (χ3n) is 6.66. The zero-order valence-electron chi connectivity index (χ0n) is 12.5. The Morgan fingerprint density at radius 2 is 2.05 bits per heavy atom. The van der Waals surface area contributed by atoms with Gasteiger partial charge < -0.3 is 5.21 Å². The third kappa shape index (κ3) is 1.73. The average molecular weight is 271 g/mol. The van der Waals surface area contributed by atoms with Crippen molar-refractivity contribution < 1.29 is 5.21 Å². The number of allylic oxidation sites excluding steroid dienone is 4.